The minimum Gasteiger partial charge on any atom is -0.332 e. The molecular weight excluding hydrogens is 206 g/mol. The number of rotatable bonds is 2. The first-order chi connectivity index (χ1) is 7.38. The van der Waals surface area contributed by atoms with Crippen molar-refractivity contribution in [2.75, 3.05) is 6.54 Å². The Hall–Kier alpha value is -1.57. The molecule has 0 fully saturated rings. The molecule has 2 rings (SSSR count). The van der Waals surface area contributed by atoms with Gasteiger partial charge in [0.05, 0.1) is 19.4 Å². The first-order valence-corrected chi connectivity index (χ1v) is 5.48. The number of nitrogens with two attached hydrogens (primary N) is 1. The molecule has 0 spiro atoms. The van der Waals surface area contributed by atoms with Gasteiger partial charge in [0.15, 0.2) is 0 Å². The minimum absolute atomic E-state index is 0.409. The third-order valence-electron chi connectivity index (χ3n) is 1.89. The van der Waals surface area contributed by atoms with Crippen molar-refractivity contribution in [2.45, 2.75) is 6.54 Å². The van der Waals surface area contributed by atoms with Crippen LogP contribution in [0.15, 0.2) is 30.2 Å². The van der Waals surface area contributed by atoms with Crippen molar-refractivity contribution in [3.8, 4) is 11.8 Å². The molecule has 0 aliphatic rings. The Morgan fingerprint density at radius 3 is 3.20 bits per heavy atom. The van der Waals surface area contributed by atoms with E-state index in [2.05, 4.69) is 28.3 Å². The van der Waals surface area contributed by atoms with Crippen molar-refractivity contribution >= 4 is 11.3 Å². The second-order valence-electron chi connectivity index (χ2n) is 3.04. The number of imidazole rings is 1. The summed E-state index contributed by atoms with van der Waals surface area (Å²) >= 11 is 1.71. The summed E-state index contributed by atoms with van der Waals surface area (Å²) in [5.74, 6) is 5.86. The van der Waals surface area contributed by atoms with Crippen molar-refractivity contribution in [3.63, 3.8) is 0 Å². The zero-order valence-electron chi connectivity index (χ0n) is 8.18. The molecule has 2 N–H and O–H groups in total. The minimum atomic E-state index is 0.409. The quantitative estimate of drug-likeness (QED) is 0.771. The highest BCUT2D eigenvalue weighted by Gasteiger charge is 1.98. The van der Waals surface area contributed by atoms with Gasteiger partial charge in [-0.2, -0.15) is 0 Å². The third kappa shape index (κ3) is 2.69. The first kappa shape index (κ1) is 9.97. The zero-order valence-corrected chi connectivity index (χ0v) is 9.00. The summed E-state index contributed by atoms with van der Waals surface area (Å²) in [4.78, 5) is 5.27. The molecule has 15 heavy (non-hydrogen) atoms. The molecule has 0 radical (unpaired) electrons. The van der Waals surface area contributed by atoms with Crippen LogP contribution < -0.4 is 5.73 Å². The maximum Gasteiger partial charge on any atom is 0.0949 e. The molecule has 0 saturated carbocycles. The Labute approximate surface area is 92.6 Å². The highest BCUT2D eigenvalue weighted by atomic mass is 32.1. The number of nitrogens with zero attached hydrogens (tertiary/aromatic N) is 2. The highest BCUT2D eigenvalue weighted by Crippen LogP contribution is 2.14. The summed E-state index contributed by atoms with van der Waals surface area (Å²) in [5.41, 5.74) is 6.35. The first-order valence-electron chi connectivity index (χ1n) is 4.60. The van der Waals surface area contributed by atoms with Gasteiger partial charge >= 0.3 is 0 Å². The van der Waals surface area contributed by atoms with E-state index >= 15 is 0 Å². The van der Waals surface area contributed by atoms with E-state index < -0.39 is 0 Å². The Morgan fingerprint density at radius 2 is 2.47 bits per heavy atom. The van der Waals surface area contributed by atoms with Crippen LogP contribution in [-0.4, -0.2) is 16.1 Å². The molecule has 76 valence electrons. The van der Waals surface area contributed by atoms with E-state index in [9.17, 15) is 0 Å². The largest absolute Gasteiger partial charge is 0.332 e. The maximum absolute atomic E-state index is 5.31. The molecule has 0 unspecified atom stereocenters. The van der Waals surface area contributed by atoms with Crippen LogP contribution in [-0.2, 0) is 6.54 Å². The fourth-order valence-electron chi connectivity index (χ4n) is 1.24. The average molecular weight is 217 g/mol. The molecule has 0 atom stereocenters. The molecule has 0 amide bonds. The van der Waals surface area contributed by atoms with E-state index in [4.69, 9.17) is 5.73 Å². The van der Waals surface area contributed by atoms with Crippen LogP contribution in [0, 0.1) is 11.8 Å². The Kier molecular flexibility index (Phi) is 3.18. The lowest BCUT2D eigenvalue weighted by molar-refractivity contribution is 0.810. The summed E-state index contributed by atoms with van der Waals surface area (Å²) in [6.45, 7) is 1.27. The van der Waals surface area contributed by atoms with Crippen LogP contribution in [0.25, 0.3) is 0 Å². The van der Waals surface area contributed by atoms with E-state index in [0.717, 1.165) is 12.1 Å². The SMILES string of the molecule is NCC#Cc1csc(Cn2ccnc2)c1. The van der Waals surface area contributed by atoms with E-state index in [1.54, 1.807) is 17.5 Å². The average Bonchev–Trinajstić information content (AvgIpc) is 2.87. The number of aromatic nitrogens is 2. The van der Waals surface area contributed by atoms with E-state index in [1.165, 1.54) is 4.88 Å². The van der Waals surface area contributed by atoms with Gasteiger partial charge in [0, 0.05) is 28.2 Å². The standard InChI is InChI=1S/C11H11N3S/c12-3-1-2-10-6-11(15-8-10)7-14-5-4-13-9-14/h4-6,8-9H,3,7,12H2. The second kappa shape index (κ2) is 4.78. The lowest BCUT2D eigenvalue weighted by Crippen LogP contribution is -1.93. The van der Waals surface area contributed by atoms with Crippen molar-refractivity contribution in [1.82, 2.24) is 9.55 Å². The fourth-order valence-corrected chi connectivity index (χ4v) is 2.07. The lowest BCUT2D eigenvalue weighted by Gasteiger charge is -1.96. The van der Waals surface area contributed by atoms with Crippen molar-refractivity contribution in [2.24, 2.45) is 5.73 Å². The van der Waals surface area contributed by atoms with E-state index in [0.29, 0.717) is 6.54 Å². The van der Waals surface area contributed by atoms with Crippen LogP contribution in [0.2, 0.25) is 0 Å². The van der Waals surface area contributed by atoms with Crippen LogP contribution in [0.1, 0.15) is 10.4 Å². The van der Waals surface area contributed by atoms with Gasteiger partial charge in [-0.05, 0) is 6.07 Å². The smallest absolute Gasteiger partial charge is 0.0949 e. The summed E-state index contributed by atoms with van der Waals surface area (Å²) < 4.78 is 2.03. The Bertz CT molecular complexity index is 473. The summed E-state index contributed by atoms with van der Waals surface area (Å²) in [6, 6.07) is 2.09. The normalized spacial score (nSPS) is 9.67. The maximum atomic E-state index is 5.31. The van der Waals surface area contributed by atoms with Crippen LogP contribution in [0.4, 0.5) is 0 Å². The molecule has 2 aromatic rings. The van der Waals surface area contributed by atoms with E-state index in [1.807, 2.05) is 17.1 Å². The Balaban J connectivity index is 2.07. The van der Waals surface area contributed by atoms with Gasteiger partial charge in [-0.25, -0.2) is 4.98 Å². The molecule has 4 heteroatoms. The van der Waals surface area contributed by atoms with E-state index in [-0.39, 0.29) is 0 Å². The molecular formula is C11H11N3S. The number of thiophene rings is 1. The van der Waals surface area contributed by atoms with Crippen molar-refractivity contribution < 1.29 is 0 Å². The van der Waals surface area contributed by atoms with Gasteiger partial charge in [0.25, 0.3) is 0 Å². The lowest BCUT2D eigenvalue weighted by atomic mass is 10.3. The molecule has 3 nitrogen and oxygen atoms in total. The second-order valence-corrected chi connectivity index (χ2v) is 4.04. The van der Waals surface area contributed by atoms with Crippen molar-refractivity contribution in [1.29, 1.82) is 0 Å². The summed E-state index contributed by atoms with van der Waals surface area (Å²) in [7, 11) is 0. The monoisotopic (exact) mass is 217 g/mol. The van der Waals surface area contributed by atoms with Crippen LogP contribution in [0.5, 0.6) is 0 Å². The zero-order chi connectivity index (χ0) is 10.5. The number of hydrogen-bond acceptors (Lipinski definition) is 3. The predicted molar refractivity (Wildman–Crippen MR) is 61.6 cm³/mol. The summed E-state index contributed by atoms with van der Waals surface area (Å²) in [5, 5.41) is 2.05. The van der Waals surface area contributed by atoms with Gasteiger partial charge in [-0.1, -0.05) is 11.8 Å². The predicted octanol–water partition coefficient (Wildman–Crippen LogP) is 1.30. The molecule has 2 aromatic heterocycles. The molecule has 0 aromatic carbocycles. The third-order valence-corrected chi connectivity index (χ3v) is 2.81. The van der Waals surface area contributed by atoms with Crippen LogP contribution in [0.3, 0.4) is 0 Å². The fraction of sp³-hybridized carbons (Fsp3) is 0.182. The highest BCUT2D eigenvalue weighted by molar-refractivity contribution is 7.10. The van der Waals surface area contributed by atoms with Crippen molar-refractivity contribution in [3.05, 3.63) is 40.6 Å². The Morgan fingerprint density at radius 1 is 1.53 bits per heavy atom. The van der Waals surface area contributed by atoms with Crippen LogP contribution >= 0.6 is 11.3 Å². The van der Waals surface area contributed by atoms with Gasteiger partial charge in [0.2, 0.25) is 0 Å². The topological polar surface area (TPSA) is 43.8 Å². The molecule has 0 aliphatic carbocycles. The number of hydrogen-bond donors (Lipinski definition) is 1. The van der Waals surface area contributed by atoms with Gasteiger partial charge < -0.3 is 10.3 Å². The van der Waals surface area contributed by atoms with Gasteiger partial charge in [-0.15, -0.1) is 11.3 Å². The van der Waals surface area contributed by atoms with Gasteiger partial charge in [-0.3, -0.25) is 0 Å². The van der Waals surface area contributed by atoms with Gasteiger partial charge in [0.1, 0.15) is 0 Å². The molecule has 0 aliphatic heterocycles. The molecule has 0 saturated heterocycles. The molecule has 2 heterocycles. The molecule has 0 bridgehead atoms. The summed E-state index contributed by atoms with van der Waals surface area (Å²) in [6.07, 6.45) is 5.54.